The number of hydrogen-bond donors (Lipinski definition) is 4. The van der Waals surface area contributed by atoms with Crippen LogP contribution in [0.5, 0.6) is 0 Å². The number of aryl methyl sites for hydroxylation is 1. The minimum atomic E-state index is -3.28. The first-order valence-electron chi connectivity index (χ1n) is 19.2. The number of nitrogens with one attached hydrogen (secondary N) is 4. The summed E-state index contributed by atoms with van der Waals surface area (Å²) in [6, 6.07) is 24.5. The summed E-state index contributed by atoms with van der Waals surface area (Å²) in [7, 11) is -3.28. The fourth-order valence-electron chi connectivity index (χ4n) is 7.53. The second-order valence-electron chi connectivity index (χ2n) is 14.7. The molecular formula is C42H46N8O6S. The maximum atomic E-state index is 13.1. The minimum absolute atomic E-state index is 0.0188. The zero-order chi connectivity index (χ0) is 40.1. The lowest BCUT2D eigenvalue weighted by Gasteiger charge is -2.36. The predicted octanol–water partition coefficient (Wildman–Crippen LogP) is 4.36. The van der Waals surface area contributed by atoms with Crippen LogP contribution in [-0.4, -0.2) is 97.8 Å². The van der Waals surface area contributed by atoms with Crippen molar-refractivity contribution in [3.63, 3.8) is 0 Å². The highest BCUT2D eigenvalue weighted by Crippen LogP contribution is 2.29. The molecule has 0 radical (unpaired) electrons. The number of aromatic nitrogens is 1. The van der Waals surface area contributed by atoms with Crippen LogP contribution in [0.1, 0.15) is 64.8 Å². The summed E-state index contributed by atoms with van der Waals surface area (Å²) in [5.41, 5.74) is 5.57. The fourth-order valence-corrected chi connectivity index (χ4v) is 8.16. The average molecular weight is 791 g/mol. The Morgan fingerprint density at radius 2 is 1.56 bits per heavy atom. The van der Waals surface area contributed by atoms with Gasteiger partial charge in [-0.3, -0.25) is 39.7 Å². The van der Waals surface area contributed by atoms with E-state index in [1.165, 1.54) is 6.26 Å². The van der Waals surface area contributed by atoms with Gasteiger partial charge < -0.3 is 15.2 Å². The number of carbonyl (C=O) groups excluding carboxylic acids is 4. The molecule has 4 aromatic rings. The Labute approximate surface area is 331 Å². The first-order chi connectivity index (χ1) is 27.4. The van der Waals surface area contributed by atoms with E-state index in [0.29, 0.717) is 16.6 Å². The first kappa shape index (κ1) is 39.3. The Hall–Kier alpha value is -5.93. The topological polar surface area (TPSA) is 188 Å². The molecule has 4 amide bonds. The molecule has 1 atom stereocenters. The molecule has 57 heavy (non-hydrogen) atoms. The highest BCUT2D eigenvalue weighted by molar-refractivity contribution is 7.90. The van der Waals surface area contributed by atoms with E-state index in [1.807, 2.05) is 30.3 Å². The van der Waals surface area contributed by atoms with Crippen molar-refractivity contribution < 1.29 is 27.6 Å². The van der Waals surface area contributed by atoms with Crippen LogP contribution in [0, 0.1) is 5.41 Å². The Balaban J connectivity index is 0.807. The second kappa shape index (κ2) is 17.1. The van der Waals surface area contributed by atoms with E-state index in [2.05, 4.69) is 42.5 Å². The molecule has 296 valence electrons. The highest BCUT2D eigenvalue weighted by atomic mass is 32.2. The second-order valence-corrected chi connectivity index (χ2v) is 16.7. The number of hydrogen-bond acceptors (Lipinski definition) is 9. The van der Waals surface area contributed by atoms with E-state index in [4.69, 9.17) is 5.41 Å². The maximum absolute atomic E-state index is 13.1. The number of aromatic amines is 1. The van der Waals surface area contributed by atoms with Gasteiger partial charge in [-0.15, -0.1) is 0 Å². The first-order valence-corrected chi connectivity index (χ1v) is 21.1. The van der Waals surface area contributed by atoms with E-state index >= 15 is 0 Å². The van der Waals surface area contributed by atoms with Gasteiger partial charge >= 0.3 is 0 Å². The zero-order valence-electron chi connectivity index (χ0n) is 31.8. The molecule has 1 aromatic heterocycles. The number of unbranched alkanes of at least 4 members (excludes halogenated alkanes) is 3. The van der Waals surface area contributed by atoms with Crippen LogP contribution < -0.4 is 21.0 Å². The molecule has 4 N–H and O–H groups in total. The minimum Gasteiger partial charge on any atom is -0.369 e. The number of amides is 4. The van der Waals surface area contributed by atoms with Gasteiger partial charge in [-0.05, 0) is 104 Å². The van der Waals surface area contributed by atoms with Crippen LogP contribution in [0.25, 0.3) is 11.3 Å². The van der Waals surface area contributed by atoms with Gasteiger partial charge in [-0.1, -0.05) is 37.1 Å². The molecule has 3 aromatic carbocycles. The van der Waals surface area contributed by atoms with Crippen LogP contribution in [0.2, 0.25) is 0 Å². The van der Waals surface area contributed by atoms with Gasteiger partial charge in [0, 0.05) is 55.9 Å². The number of nitrogens with zero attached hydrogens (tertiary/aromatic N) is 4. The third-order valence-corrected chi connectivity index (χ3v) is 11.8. The third-order valence-electron chi connectivity index (χ3n) is 10.7. The molecular weight excluding hydrogens is 745 g/mol. The Morgan fingerprint density at radius 1 is 0.842 bits per heavy atom. The van der Waals surface area contributed by atoms with Crippen molar-refractivity contribution in [2.24, 2.45) is 4.99 Å². The lowest BCUT2D eigenvalue weighted by atomic mass is 10.0. The van der Waals surface area contributed by atoms with Gasteiger partial charge in [0.15, 0.2) is 9.84 Å². The summed E-state index contributed by atoms with van der Waals surface area (Å²) in [5, 5.41) is 13.7. The number of H-pyrrole nitrogens is 1. The van der Waals surface area contributed by atoms with E-state index in [0.717, 1.165) is 97.9 Å². The SMILES string of the molecule is CS(=O)(=O)c1ccc(-c2ccc/c(=N/C(=N)Nc3ccc(N4CCN(CCCCCCc5ccc6c(c5)C(=O)N(C5CCC(=O)NC5=O)C6=O)CC4)cc3)[nH]2)cc1. The van der Waals surface area contributed by atoms with Crippen LogP contribution in [0.3, 0.4) is 0 Å². The van der Waals surface area contributed by atoms with E-state index < -0.39 is 33.6 Å². The number of sulfone groups is 1. The zero-order valence-corrected chi connectivity index (χ0v) is 32.6. The fraction of sp³-hybridized carbons (Fsp3) is 0.333. The molecule has 0 spiro atoms. The summed E-state index contributed by atoms with van der Waals surface area (Å²) >= 11 is 0. The average Bonchev–Trinajstić information content (AvgIpc) is 3.44. The normalized spacial score (nSPS) is 17.8. The van der Waals surface area contributed by atoms with Gasteiger partial charge in [0.1, 0.15) is 11.5 Å². The van der Waals surface area contributed by atoms with E-state index in [-0.39, 0.29) is 29.6 Å². The van der Waals surface area contributed by atoms with E-state index in [1.54, 1.807) is 42.5 Å². The molecule has 7 rings (SSSR count). The summed E-state index contributed by atoms with van der Waals surface area (Å²) in [4.78, 5) is 63.7. The number of pyridine rings is 1. The molecule has 0 saturated carbocycles. The van der Waals surface area contributed by atoms with Crippen molar-refractivity contribution in [1.29, 1.82) is 5.41 Å². The molecule has 3 aliphatic heterocycles. The number of piperazine rings is 1. The van der Waals surface area contributed by atoms with Gasteiger partial charge in [-0.25, -0.2) is 8.42 Å². The highest BCUT2D eigenvalue weighted by Gasteiger charge is 2.44. The number of benzene rings is 3. The molecule has 0 aliphatic carbocycles. The number of piperidine rings is 1. The third kappa shape index (κ3) is 9.38. The van der Waals surface area contributed by atoms with Crippen LogP contribution in [0.15, 0.2) is 94.8 Å². The predicted molar refractivity (Wildman–Crippen MR) is 217 cm³/mol. The van der Waals surface area contributed by atoms with Crippen LogP contribution in [-0.2, 0) is 25.8 Å². The Bertz CT molecular complexity index is 2370. The van der Waals surface area contributed by atoms with Crippen LogP contribution in [0.4, 0.5) is 11.4 Å². The number of fused-ring (bicyclic) bond motifs is 1. The molecule has 1 unspecified atom stereocenters. The quantitative estimate of drug-likeness (QED) is 0.0700. The summed E-state index contributed by atoms with van der Waals surface area (Å²) < 4.78 is 23.6. The van der Waals surface area contributed by atoms with Gasteiger partial charge in [-0.2, -0.15) is 4.99 Å². The van der Waals surface area contributed by atoms with Crippen molar-refractivity contribution in [3.05, 3.63) is 107 Å². The van der Waals surface area contributed by atoms with Crippen molar-refractivity contribution >= 4 is 50.8 Å². The molecule has 4 heterocycles. The summed E-state index contributed by atoms with van der Waals surface area (Å²) in [5.74, 6) is -1.96. The van der Waals surface area contributed by atoms with E-state index in [9.17, 15) is 27.6 Å². The number of anilines is 2. The van der Waals surface area contributed by atoms with Crippen molar-refractivity contribution in [2.45, 2.75) is 55.9 Å². The van der Waals surface area contributed by atoms with Gasteiger partial charge in [0.2, 0.25) is 17.8 Å². The summed E-state index contributed by atoms with van der Waals surface area (Å²) in [6.45, 7) is 4.88. The van der Waals surface area contributed by atoms with Gasteiger partial charge in [0.05, 0.1) is 16.0 Å². The Kier molecular flexibility index (Phi) is 11.8. The number of imide groups is 2. The number of rotatable bonds is 12. The molecule has 2 fully saturated rings. The molecule has 14 nitrogen and oxygen atoms in total. The summed E-state index contributed by atoms with van der Waals surface area (Å²) in [6.07, 6.45) is 6.47. The number of guanidine groups is 1. The van der Waals surface area contributed by atoms with Crippen LogP contribution >= 0.6 is 0 Å². The standard InChI is InChI=1S/C42H46N8O6S/c1-57(55,56)32-17-11-29(12-18-32)35-8-6-9-37(45-35)46-42(43)44-30-13-15-31(16-14-30)49-25-23-48(24-26-49)22-5-3-2-4-7-28-10-19-33-34(27-28)41(54)50(40(33)53)36-20-21-38(51)47-39(36)52/h6,8-19,27,36H,2-5,7,20-26H2,1H3,(H,47,51,52)(H3,43,44,45,46). The van der Waals surface area contributed by atoms with Crippen molar-refractivity contribution in [2.75, 3.05) is 49.2 Å². The monoisotopic (exact) mass is 790 g/mol. The maximum Gasteiger partial charge on any atom is 0.262 e. The smallest absolute Gasteiger partial charge is 0.262 e. The molecule has 3 aliphatic rings. The van der Waals surface area contributed by atoms with Crippen molar-refractivity contribution in [3.8, 4) is 11.3 Å². The molecule has 2 saturated heterocycles. The molecule has 0 bridgehead atoms. The van der Waals surface area contributed by atoms with Gasteiger partial charge in [0.25, 0.3) is 11.8 Å². The number of carbonyl (C=O) groups is 4. The largest absolute Gasteiger partial charge is 0.369 e. The molecule has 15 heteroatoms. The Morgan fingerprint density at radius 3 is 2.28 bits per heavy atom. The lowest BCUT2D eigenvalue weighted by Crippen LogP contribution is -2.54. The lowest BCUT2D eigenvalue weighted by molar-refractivity contribution is -0.136. The van der Waals surface area contributed by atoms with Crippen molar-refractivity contribution in [1.82, 2.24) is 20.1 Å².